The second kappa shape index (κ2) is 26.1. The van der Waals surface area contributed by atoms with Crippen molar-refractivity contribution in [2.75, 3.05) is 52.7 Å². The number of imidazole rings is 2. The molecule has 0 unspecified atom stereocenters. The van der Waals surface area contributed by atoms with Crippen LogP contribution in [-0.2, 0) is 26.6 Å². The summed E-state index contributed by atoms with van der Waals surface area (Å²) in [6.45, 7) is 16.4. The summed E-state index contributed by atoms with van der Waals surface area (Å²) in [5.41, 5.74) is 0. The van der Waals surface area contributed by atoms with Gasteiger partial charge in [-0.05, 0) is 88.8 Å². The van der Waals surface area contributed by atoms with Gasteiger partial charge in [0.15, 0.2) is 10.3 Å². The lowest BCUT2D eigenvalue weighted by molar-refractivity contribution is 0.0698. The second-order valence-corrected chi connectivity index (χ2v) is 18.6. The standard InChI is InChI=1S/C32H60N6O8S2Si2/c1-7-41-49(42-8-2,43-9-3)27-19-15-13-17-21-33-29(39)37-25-23-35-31(37)47-48-32-36-24-26-38(32)30(40)34-22-18-14-16-20-28-50(44-10-4,45-11-5)46-12-6/h23-26H,7-22,27-28H2,1-6H3,(H,33,39)(H,34,40). The Morgan fingerprint density at radius 3 is 1.20 bits per heavy atom. The van der Waals surface area contributed by atoms with E-state index in [1.807, 2.05) is 41.5 Å². The molecule has 2 heterocycles. The molecule has 18 heteroatoms. The molecule has 0 atom stereocenters. The summed E-state index contributed by atoms with van der Waals surface area (Å²) >= 11 is 0. The van der Waals surface area contributed by atoms with Crippen molar-refractivity contribution in [3.63, 3.8) is 0 Å². The van der Waals surface area contributed by atoms with E-state index < -0.39 is 17.6 Å². The number of rotatable bonds is 29. The Hall–Kier alpha value is -1.75. The maximum Gasteiger partial charge on any atom is 0.500 e. The third kappa shape index (κ3) is 15.9. The molecule has 2 amide bonds. The molecule has 0 aromatic carbocycles. The largest absolute Gasteiger partial charge is 0.500 e. The molecule has 2 N–H and O–H groups in total. The van der Waals surface area contributed by atoms with Gasteiger partial charge in [-0.25, -0.2) is 28.7 Å². The lowest BCUT2D eigenvalue weighted by atomic mass is 10.2. The Bertz CT molecular complexity index is 1090. The van der Waals surface area contributed by atoms with Crippen LogP contribution < -0.4 is 10.6 Å². The van der Waals surface area contributed by atoms with Gasteiger partial charge in [0.25, 0.3) is 0 Å². The number of hydrogen-bond acceptors (Lipinski definition) is 12. The first-order valence-electron chi connectivity index (χ1n) is 18.1. The van der Waals surface area contributed by atoms with Crippen LogP contribution in [0.2, 0.25) is 12.1 Å². The molecule has 0 aliphatic heterocycles. The van der Waals surface area contributed by atoms with Crippen LogP contribution in [0.3, 0.4) is 0 Å². The molecule has 0 saturated carbocycles. The number of unbranched alkanes of at least 4 members (excludes halogenated alkanes) is 6. The van der Waals surface area contributed by atoms with Crippen LogP contribution in [0.5, 0.6) is 0 Å². The second-order valence-electron chi connectivity index (χ2n) is 11.1. The zero-order valence-electron chi connectivity index (χ0n) is 30.9. The summed E-state index contributed by atoms with van der Waals surface area (Å²) in [5.74, 6) is 0. The molecule has 0 aliphatic carbocycles. The molecule has 50 heavy (non-hydrogen) atoms. The number of amides is 2. The van der Waals surface area contributed by atoms with Crippen molar-refractivity contribution >= 4 is 51.3 Å². The maximum absolute atomic E-state index is 12.9. The van der Waals surface area contributed by atoms with Gasteiger partial charge in [-0.2, -0.15) is 0 Å². The van der Waals surface area contributed by atoms with Crippen LogP contribution >= 0.6 is 21.6 Å². The molecule has 14 nitrogen and oxygen atoms in total. The lowest BCUT2D eigenvalue weighted by Gasteiger charge is -2.28. The molecule has 0 aliphatic rings. The van der Waals surface area contributed by atoms with Gasteiger partial charge in [-0.1, -0.05) is 25.7 Å². The fourth-order valence-electron chi connectivity index (χ4n) is 5.29. The first-order valence-corrected chi connectivity index (χ1v) is 24.2. The summed E-state index contributed by atoms with van der Waals surface area (Å²) in [6.07, 6.45) is 14.0. The average Bonchev–Trinajstić information content (AvgIpc) is 3.77. The van der Waals surface area contributed by atoms with Crippen molar-refractivity contribution in [3.8, 4) is 0 Å². The maximum atomic E-state index is 12.9. The molecule has 286 valence electrons. The summed E-state index contributed by atoms with van der Waals surface area (Å²) < 4.78 is 38.5. The van der Waals surface area contributed by atoms with E-state index in [0.29, 0.717) is 63.0 Å². The highest BCUT2D eigenvalue weighted by Gasteiger charge is 2.40. The minimum absolute atomic E-state index is 0.246. The normalized spacial score (nSPS) is 12.0. The van der Waals surface area contributed by atoms with Crippen LogP contribution in [0.1, 0.15) is 92.9 Å². The van der Waals surface area contributed by atoms with Gasteiger partial charge in [-0.15, -0.1) is 0 Å². The van der Waals surface area contributed by atoms with E-state index in [4.69, 9.17) is 26.6 Å². The summed E-state index contributed by atoms with van der Waals surface area (Å²) in [4.78, 5) is 34.5. The summed E-state index contributed by atoms with van der Waals surface area (Å²) in [5, 5.41) is 6.95. The first kappa shape index (κ1) is 44.4. The zero-order valence-corrected chi connectivity index (χ0v) is 34.5. The highest BCUT2D eigenvalue weighted by atomic mass is 33.1. The SMILES string of the molecule is CCO[Si](CCCCCCNC(=O)n1ccnc1SSc1nccn1C(=O)NCCCCCC[Si](OCC)(OCC)OCC)(OCC)OCC. The van der Waals surface area contributed by atoms with Crippen molar-refractivity contribution in [1.82, 2.24) is 29.7 Å². The number of aromatic nitrogens is 4. The van der Waals surface area contributed by atoms with Crippen molar-refractivity contribution < 1.29 is 36.1 Å². The van der Waals surface area contributed by atoms with Crippen LogP contribution in [0.15, 0.2) is 35.1 Å². The predicted octanol–water partition coefficient (Wildman–Crippen LogP) is 7.21. The van der Waals surface area contributed by atoms with E-state index in [9.17, 15) is 9.59 Å². The van der Waals surface area contributed by atoms with Gasteiger partial charge < -0.3 is 37.2 Å². The van der Waals surface area contributed by atoms with Crippen LogP contribution in [0.25, 0.3) is 0 Å². The topological polar surface area (TPSA) is 149 Å². The molecule has 0 spiro atoms. The smallest absolute Gasteiger partial charge is 0.374 e. The van der Waals surface area contributed by atoms with Gasteiger partial charge in [0.1, 0.15) is 0 Å². The highest BCUT2D eigenvalue weighted by molar-refractivity contribution is 8.76. The van der Waals surface area contributed by atoms with E-state index in [0.717, 1.165) is 63.5 Å². The Labute approximate surface area is 309 Å². The van der Waals surface area contributed by atoms with Gasteiger partial charge in [0, 0.05) is 89.6 Å². The fourth-order valence-corrected chi connectivity index (χ4v) is 12.7. The molecular formula is C32H60N6O8S2Si2. The number of hydrogen-bond donors (Lipinski definition) is 2. The minimum atomic E-state index is -2.61. The molecular weight excluding hydrogens is 717 g/mol. The van der Waals surface area contributed by atoms with E-state index in [1.54, 1.807) is 24.8 Å². The van der Waals surface area contributed by atoms with E-state index >= 15 is 0 Å². The monoisotopic (exact) mass is 776 g/mol. The Kier molecular flexibility index (Phi) is 23.2. The van der Waals surface area contributed by atoms with Gasteiger partial charge in [0.2, 0.25) is 0 Å². The molecule has 2 aromatic rings. The van der Waals surface area contributed by atoms with Gasteiger partial charge in [-0.3, -0.25) is 0 Å². The summed E-state index contributed by atoms with van der Waals surface area (Å²) in [6, 6.07) is 1.10. The molecule has 2 aromatic heterocycles. The van der Waals surface area contributed by atoms with E-state index in [1.165, 1.54) is 30.7 Å². The average molecular weight is 777 g/mol. The predicted molar refractivity (Wildman–Crippen MR) is 202 cm³/mol. The van der Waals surface area contributed by atoms with Crippen molar-refractivity contribution in [1.29, 1.82) is 0 Å². The van der Waals surface area contributed by atoms with Crippen molar-refractivity contribution in [2.24, 2.45) is 0 Å². The Morgan fingerprint density at radius 1 is 0.560 bits per heavy atom. The van der Waals surface area contributed by atoms with Crippen molar-refractivity contribution in [3.05, 3.63) is 24.8 Å². The minimum Gasteiger partial charge on any atom is -0.374 e. The van der Waals surface area contributed by atoms with E-state index in [-0.39, 0.29) is 12.1 Å². The van der Waals surface area contributed by atoms with Crippen LogP contribution in [0, 0.1) is 0 Å². The number of carbonyl (C=O) groups is 2. The zero-order chi connectivity index (χ0) is 36.5. The van der Waals surface area contributed by atoms with Gasteiger partial charge in [0.05, 0.1) is 0 Å². The van der Waals surface area contributed by atoms with Crippen molar-refractivity contribution in [2.45, 2.75) is 115 Å². The quantitative estimate of drug-likeness (QED) is 0.0489. The lowest BCUT2D eigenvalue weighted by Crippen LogP contribution is -2.45. The third-order valence-electron chi connectivity index (χ3n) is 7.40. The third-order valence-corrected chi connectivity index (χ3v) is 15.8. The number of nitrogens with one attached hydrogen (secondary N) is 2. The molecule has 0 fully saturated rings. The van der Waals surface area contributed by atoms with Crippen LogP contribution in [-0.4, -0.2) is 102 Å². The van der Waals surface area contributed by atoms with Gasteiger partial charge >= 0.3 is 29.7 Å². The number of carbonyl (C=O) groups excluding carboxylic acids is 2. The molecule has 0 radical (unpaired) electrons. The Morgan fingerprint density at radius 2 is 0.880 bits per heavy atom. The molecule has 0 saturated heterocycles. The highest BCUT2D eigenvalue weighted by Crippen LogP contribution is 2.35. The van der Waals surface area contributed by atoms with Crippen LogP contribution in [0.4, 0.5) is 9.59 Å². The van der Waals surface area contributed by atoms with E-state index in [2.05, 4.69) is 20.6 Å². The molecule has 0 bridgehead atoms. The fraction of sp³-hybridized carbons (Fsp3) is 0.750. The first-order chi connectivity index (χ1) is 24.3. The molecule has 2 rings (SSSR count). The Balaban J connectivity index is 1.71. The number of nitrogens with zero attached hydrogens (tertiary/aromatic N) is 4. The summed E-state index contributed by atoms with van der Waals surface area (Å²) in [7, 11) is -2.67.